The minimum absolute atomic E-state index is 0.110. The zero-order chi connectivity index (χ0) is 13.8. The van der Waals surface area contributed by atoms with Crippen molar-refractivity contribution in [2.75, 3.05) is 21.2 Å². The number of methoxy groups -OCH3 is 1. The van der Waals surface area contributed by atoms with E-state index in [1.807, 2.05) is 12.1 Å². The van der Waals surface area contributed by atoms with Gasteiger partial charge in [0.25, 0.3) is 0 Å². The van der Waals surface area contributed by atoms with Crippen LogP contribution < -0.4 is 10.5 Å². The first kappa shape index (κ1) is 15.0. The van der Waals surface area contributed by atoms with Crippen LogP contribution >= 0.6 is 0 Å². The molecule has 0 aromatic heterocycles. The fourth-order valence-corrected chi connectivity index (χ4v) is 2.06. The van der Waals surface area contributed by atoms with Gasteiger partial charge in [0.05, 0.1) is 7.11 Å². The third kappa shape index (κ3) is 4.67. The molecule has 1 aromatic rings. The summed E-state index contributed by atoms with van der Waals surface area (Å²) in [5, 5.41) is 0. The molecule has 18 heavy (non-hydrogen) atoms. The van der Waals surface area contributed by atoms with Crippen LogP contribution in [0.1, 0.15) is 38.3 Å². The Kier molecular flexibility index (Phi) is 5.17. The molecule has 1 aromatic carbocycles. The van der Waals surface area contributed by atoms with E-state index in [0.717, 1.165) is 18.6 Å². The van der Waals surface area contributed by atoms with Gasteiger partial charge in [-0.3, -0.25) is 0 Å². The minimum atomic E-state index is -0.110. The highest BCUT2D eigenvalue weighted by Crippen LogP contribution is 2.27. The summed E-state index contributed by atoms with van der Waals surface area (Å²) in [7, 11) is 5.91. The Hall–Kier alpha value is -1.06. The zero-order valence-electron chi connectivity index (χ0n) is 12.2. The van der Waals surface area contributed by atoms with Gasteiger partial charge >= 0.3 is 0 Å². The number of nitrogens with two attached hydrogens (primary N) is 1. The number of benzene rings is 1. The highest BCUT2D eigenvalue weighted by atomic mass is 16.5. The molecular weight excluding hydrogens is 224 g/mol. The predicted octanol–water partition coefficient (Wildman–Crippen LogP) is 2.82. The summed E-state index contributed by atoms with van der Waals surface area (Å²) in [6.07, 6.45) is 2.06. The molecule has 0 radical (unpaired) electrons. The SMILES string of the molecule is COc1ccc(C(CCC(C)(C)N)N(C)C)cc1. The van der Waals surface area contributed by atoms with Crippen LogP contribution in [-0.4, -0.2) is 31.6 Å². The zero-order valence-corrected chi connectivity index (χ0v) is 12.2. The lowest BCUT2D eigenvalue weighted by Gasteiger charge is -2.28. The van der Waals surface area contributed by atoms with Crippen LogP contribution in [-0.2, 0) is 0 Å². The third-order valence-electron chi connectivity index (χ3n) is 3.19. The van der Waals surface area contributed by atoms with E-state index in [1.54, 1.807) is 7.11 Å². The van der Waals surface area contributed by atoms with Crippen LogP contribution in [0.4, 0.5) is 0 Å². The Morgan fingerprint density at radius 1 is 1.22 bits per heavy atom. The Labute approximate surface area is 111 Å². The van der Waals surface area contributed by atoms with Crippen molar-refractivity contribution in [3.05, 3.63) is 29.8 Å². The van der Waals surface area contributed by atoms with E-state index in [4.69, 9.17) is 10.5 Å². The van der Waals surface area contributed by atoms with Crippen molar-refractivity contribution in [3.63, 3.8) is 0 Å². The maximum atomic E-state index is 6.07. The molecule has 0 amide bonds. The summed E-state index contributed by atoms with van der Waals surface area (Å²) in [4.78, 5) is 2.24. The minimum Gasteiger partial charge on any atom is -0.497 e. The van der Waals surface area contributed by atoms with Crippen LogP contribution in [0.25, 0.3) is 0 Å². The number of hydrogen-bond donors (Lipinski definition) is 1. The van der Waals surface area contributed by atoms with Crippen LogP contribution in [0.15, 0.2) is 24.3 Å². The standard InChI is InChI=1S/C15H26N2O/c1-15(2,16)11-10-14(17(3)4)12-6-8-13(18-5)9-7-12/h6-9,14H,10-11,16H2,1-5H3. The van der Waals surface area contributed by atoms with Crippen LogP contribution in [0.5, 0.6) is 5.75 Å². The molecule has 0 fully saturated rings. The summed E-state index contributed by atoms with van der Waals surface area (Å²) >= 11 is 0. The maximum Gasteiger partial charge on any atom is 0.118 e. The van der Waals surface area contributed by atoms with Crippen LogP contribution in [0, 0.1) is 0 Å². The Bertz CT molecular complexity index is 352. The lowest BCUT2D eigenvalue weighted by atomic mass is 9.93. The fraction of sp³-hybridized carbons (Fsp3) is 0.600. The van der Waals surface area contributed by atoms with Crippen molar-refractivity contribution in [2.45, 2.75) is 38.3 Å². The molecule has 0 aliphatic rings. The fourth-order valence-electron chi connectivity index (χ4n) is 2.06. The molecule has 0 spiro atoms. The van der Waals surface area contributed by atoms with E-state index in [0.29, 0.717) is 6.04 Å². The molecule has 1 rings (SSSR count). The monoisotopic (exact) mass is 250 g/mol. The molecule has 0 aliphatic heterocycles. The van der Waals surface area contributed by atoms with Crippen molar-refractivity contribution in [1.82, 2.24) is 4.90 Å². The first-order chi connectivity index (χ1) is 8.33. The van der Waals surface area contributed by atoms with Crippen LogP contribution in [0.2, 0.25) is 0 Å². The summed E-state index contributed by atoms with van der Waals surface area (Å²) in [5.41, 5.74) is 7.27. The van der Waals surface area contributed by atoms with Crippen LogP contribution in [0.3, 0.4) is 0 Å². The van der Waals surface area contributed by atoms with Crippen molar-refractivity contribution in [2.24, 2.45) is 5.73 Å². The van der Waals surface area contributed by atoms with Gasteiger partial charge in [-0.2, -0.15) is 0 Å². The van der Waals surface area contributed by atoms with Gasteiger partial charge in [-0.1, -0.05) is 12.1 Å². The Morgan fingerprint density at radius 3 is 2.17 bits per heavy atom. The summed E-state index contributed by atoms with van der Waals surface area (Å²) in [6.45, 7) is 4.15. The van der Waals surface area contributed by atoms with Crippen molar-refractivity contribution >= 4 is 0 Å². The molecule has 1 unspecified atom stereocenters. The van der Waals surface area contributed by atoms with Gasteiger partial charge in [0.2, 0.25) is 0 Å². The van der Waals surface area contributed by atoms with Gasteiger partial charge in [0, 0.05) is 11.6 Å². The predicted molar refractivity (Wildman–Crippen MR) is 76.9 cm³/mol. The summed E-state index contributed by atoms with van der Waals surface area (Å²) in [6, 6.07) is 8.69. The first-order valence-corrected chi connectivity index (χ1v) is 6.43. The van der Waals surface area contributed by atoms with E-state index in [1.165, 1.54) is 5.56 Å². The molecule has 0 saturated heterocycles. The molecule has 3 heteroatoms. The molecule has 3 nitrogen and oxygen atoms in total. The van der Waals surface area contributed by atoms with E-state index < -0.39 is 0 Å². The quantitative estimate of drug-likeness (QED) is 0.843. The Balaban J connectivity index is 2.77. The number of rotatable bonds is 6. The van der Waals surface area contributed by atoms with Crippen molar-refractivity contribution < 1.29 is 4.74 Å². The number of hydrogen-bond acceptors (Lipinski definition) is 3. The van der Waals surface area contributed by atoms with E-state index >= 15 is 0 Å². The largest absolute Gasteiger partial charge is 0.497 e. The lowest BCUT2D eigenvalue weighted by molar-refractivity contribution is 0.261. The number of nitrogens with zero attached hydrogens (tertiary/aromatic N) is 1. The van der Waals surface area contributed by atoms with Gasteiger partial charge in [-0.25, -0.2) is 0 Å². The highest BCUT2D eigenvalue weighted by Gasteiger charge is 2.18. The average molecular weight is 250 g/mol. The van der Waals surface area contributed by atoms with Crippen molar-refractivity contribution in [1.29, 1.82) is 0 Å². The molecule has 1 atom stereocenters. The molecule has 0 aliphatic carbocycles. The van der Waals surface area contributed by atoms with E-state index in [-0.39, 0.29) is 5.54 Å². The summed E-state index contributed by atoms with van der Waals surface area (Å²) in [5.74, 6) is 0.899. The Morgan fingerprint density at radius 2 is 1.78 bits per heavy atom. The smallest absolute Gasteiger partial charge is 0.118 e. The molecular formula is C15H26N2O. The molecule has 0 heterocycles. The maximum absolute atomic E-state index is 6.07. The normalized spacial score (nSPS) is 13.7. The van der Waals surface area contributed by atoms with Gasteiger partial charge in [-0.15, -0.1) is 0 Å². The average Bonchev–Trinajstić information content (AvgIpc) is 2.28. The first-order valence-electron chi connectivity index (χ1n) is 6.43. The van der Waals surface area contributed by atoms with Gasteiger partial charge < -0.3 is 15.4 Å². The molecule has 2 N–H and O–H groups in total. The van der Waals surface area contributed by atoms with E-state index in [9.17, 15) is 0 Å². The van der Waals surface area contributed by atoms with Crippen molar-refractivity contribution in [3.8, 4) is 5.75 Å². The molecule has 0 bridgehead atoms. The second kappa shape index (κ2) is 6.21. The molecule has 0 saturated carbocycles. The van der Waals surface area contributed by atoms with E-state index in [2.05, 4.69) is 45.0 Å². The van der Waals surface area contributed by atoms with Gasteiger partial charge in [0.15, 0.2) is 0 Å². The highest BCUT2D eigenvalue weighted by molar-refractivity contribution is 5.29. The second-order valence-corrected chi connectivity index (χ2v) is 5.78. The number of ether oxygens (including phenoxy) is 1. The topological polar surface area (TPSA) is 38.5 Å². The summed E-state index contributed by atoms with van der Waals surface area (Å²) < 4.78 is 5.19. The second-order valence-electron chi connectivity index (χ2n) is 5.78. The van der Waals surface area contributed by atoms with Gasteiger partial charge in [0.1, 0.15) is 5.75 Å². The lowest BCUT2D eigenvalue weighted by Crippen LogP contribution is -2.33. The third-order valence-corrected chi connectivity index (χ3v) is 3.19. The van der Waals surface area contributed by atoms with Gasteiger partial charge in [-0.05, 0) is 58.5 Å². The molecule has 102 valence electrons.